The number of aryl methyl sites for hydroxylation is 2. The lowest BCUT2D eigenvalue weighted by atomic mass is 10.1. The second-order valence-electron chi connectivity index (χ2n) is 6.02. The number of guanidine groups is 1. The zero-order valence-corrected chi connectivity index (χ0v) is 14.9. The lowest BCUT2D eigenvalue weighted by Crippen LogP contribution is -2.37. The first-order chi connectivity index (χ1) is 12.0. The molecule has 6 heteroatoms. The number of rotatable bonds is 6. The minimum atomic E-state index is -0.398. The van der Waals surface area contributed by atoms with Crippen LogP contribution in [0.2, 0.25) is 0 Å². The van der Waals surface area contributed by atoms with Gasteiger partial charge >= 0.3 is 0 Å². The normalized spacial score (nSPS) is 11.2. The molecular formula is C19H24N4O2. The van der Waals surface area contributed by atoms with Crippen molar-refractivity contribution in [3.05, 3.63) is 74.8 Å². The average molecular weight is 340 g/mol. The largest absolute Gasteiger partial charge is 0.356 e. The Kier molecular flexibility index (Phi) is 6.51. The summed E-state index contributed by atoms with van der Waals surface area (Å²) < 4.78 is 0. The Morgan fingerprint density at radius 3 is 2.24 bits per heavy atom. The summed E-state index contributed by atoms with van der Waals surface area (Å²) in [6.45, 7) is 5.55. The van der Waals surface area contributed by atoms with Crippen LogP contribution >= 0.6 is 0 Å². The van der Waals surface area contributed by atoms with E-state index in [0.717, 1.165) is 18.5 Å². The van der Waals surface area contributed by atoms with Gasteiger partial charge in [0.25, 0.3) is 5.69 Å². The predicted molar refractivity (Wildman–Crippen MR) is 101 cm³/mol. The molecule has 0 unspecified atom stereocenters. The van der Waals surface area contributed by atoms with Crippen LogP contribution in [0.5, 0.6) is 0 Å². The summed E-state index contributed by atoms with van der Waals surface area (Å²) in [5, 5.41) is 17.2. The fourth-order valence-corrected chi connectivity index (χ4v) is 2.68. The number of hydrogen-bond donors (Lipinski definition) is 2. The van der Waals surface area contributed by atoms with Gasteiger partial charge in [0, 0.05) is 32.3 Å². The third-order valence-electron chi connectivity index (χ3n) is 3.82. The second kappa shape index (κ2) is 8.82. The summed E-state index contributed by atoms with van der Waals surface area (Å²) >= 11 is 0. The van der Waals surface area contributed by atoms with E-state index in [1.807, 2.05) is 0 Å². The fourth-order valence-electron chi connectivity index (χ4n) is 2.68. The molecule has 0 aromatic heterocycles. The molecule has 0 atom stereocenters. The van der Waals surface area contributed by atoms with Gasteiger partial charge in [-0.2, -0.15) is 0 Å². The van der Waals surface area contributed by atoms with Crippen LogP contribution in [0.3, 0.4) is 0 Å². The molecule has 0 aliphatic carbocycles. The van der Waals surface area contributed by atoms with E-state index >= 15 is 0 Å². The number of nitrogens with one attached hydrogen (secondary N) is 2. The standard InChI is InChI=1S/C19H24N4O2/c1-14-10-15(2)12-17(11-14)8-9-21-19(20-3)22-13-16-4-6-18(7-5-16)23(24)25/h4-7,10-12H,8-9,13H2,1-3H3,(H2,20,21,22). The first kappa shape index (κ1) is 18.4. The summed E-state index contributed by atoms with van der Waals surface area (Å²) in [6.07, 6.45) is 0.917. The van der Waals surface area contributed by atoms with Crippen molar-refractivity contribution >= 4 is 11.6 Å². The zero-order chi connectivity index (χ0) is 18.2. The van der Waals surface area contributed by atoms with Crippen LogP contribution in [0.25, 0.3) is 0 Å². The van der Waals surface area contributed by atoms with Gasteiger partial charge in [0.1, 0.15) is 0 Å². The Morgan fingerprint density at radius 2 is 1.68 bits per heavy atom. The Hall–Kier alpha value is -2.89. The van der Waals surface area contributed by atoms with Crippen LogP contribution in [-0.2, 0) is 13.0 Å². The molecule has 0 aliphatic heterocycles. The summed E-state index contributed by atoms with van der Waals surface area (Å²) in [5.41, 5.74) is 4.91. The van der Waals surface area contributed by atoms with Crippen LogP contribution in [0.4, 0.5) is 5.69 Å². The Morgan fingerprint density at radius 1 is 1.04 bits per heavy atom. The van der Waals surface area contributed by atoms with E-state index in [1.165, 1.54) is 28.8 Å². The van der Waals surface area contributed by atoms with E-state index in [2.05, 4.69) is 47.7 Å². The van der Waals surface area contributed by atoms with E-state index in [4.69, 9.17) is 0 Å². The Bertz CT molecular complexity index is 734. The molecule has 6 nitrogen and oxygen atoms in total. The van der Waals surface area contributed by atoms with Crippen molar-refractivity contribution in [1.29, 1.82) is 0 Å². The van der Waals surface area contributed by atoms with Gasteiger partial charge in [-0.3, -0.25) is 15.1 Å². The topological polar surface area (TPSA) is 79.6 Å². The number of hydrogen-bond acceptors (Lipinski definition) is 3. The molecule has 2 aromatic rings. The van der Waals surface area contributed by atoms with Crippen molar-refractivity contribution in [3.8, 4) is 0 Å². The maximum absolute atomic E-state index is 10.7. The molecule has 0 fully saturated rings. The highest BCUT2D eigenvalue weighted by molar-refractivity contribution is 5.79. The minimum absolute atomic E-state index is 0.0969. The van der Waals surface area contributed by atoms with Gasteiger partial charge < -0.3 is 10.6 Å². The second-order valence-corrected chi connectivity index (χ2v) is 6.02. The van der Waals surface area contributed by atoms with Gasteiger partial charge in [-0.15, -0.1) is 0 Å². The highest BCUT2D eigenvalue weighted by Crippen LogP contribution is 2.11. The van der Waals surface area contributed by atoms with E-state index in [-0.39, 0.29) is 5.69 Å². The number of nitro groups is 1. The molecule has 0 aliphatic rings. The molecule has 0 amide bonds. The minimum Gasteiger partial charge on any atom is -0.356 e. The Labute approximate surface area is 148 Å². The maximum Gasteiger partial charge on any atom is 0.269 e. The molecule has 0 heterocycles. The van der Waals surface area contributed by atoms with Gasteiger partial charge in [-0.05, 0) is 31.4 Å². The number of benzene rings is 2. The van der Waals surface area contributed by atoms with E-state index in [0.29, 0.717) is 12.5 Å². The molecule has 2 rings (SSSR count). The quantitative estimate of drug-likeness (QED) is 0.366. The first-order valence-corrected chi connectivity index (χ1v) is 8.23. The number of aliphatic imine (C=N–C) groups is 1. The molecule has 0 saturated heterocycles. The molecule has 25 heavy (non-hydrogen) atoms. The van der Waals surface area contributed by atoms with Gasteiger partial charge in [-0.1, -0.05) is 41.5 Å². The van der Waals surface area contributed by atoms with Crippen molar-refractivity contribution in [2.45, 2.75) is 26.8 Å². The number of nitrogens with zero attached hydrogens (tertiary/aromatic N) is 2. The lowest BCUT2D eigenvalue weighted by molar-refractivity contribution is -0.384. The van der Waals surface area contributed by atoms with Crippen molar-refractivity contribution < 1.29 is 4.92 Å². The highest BCUT2D eigenvalue weighted by atomic mass is 16.6. The molecule has 0 bridgehead atoms. The van der Waals surface area contributed by atoms with Crippen LogP contribution in [-0.4, -0.2) is 24.5 Å². The van der Waals surface area contributed by atoms with Gasteiger partial charge in [-0.25, -0.2) is 0 Å². The van der Waals surface area contributed by atoms with Crippen molar-refractivity contribution in [1.82, 2.24) is 10.6 Å². The first-order valence-electron chi connectivity index (χ1n) is 8.23. The molecule has 0 radical (unpaired) electrons. The lowest BCUT2D eigenvalue weighted by Gasteiger charge is -2.12. The molecule has 2 aromatic carbocycles. The van der Waals surface area contributed by atoms with Crippen molar-refractivity contribution in [3.63, 3.8) is 0 Å². The van der Waals surface area contributed by atoms with Crippen molar-refractivity contribution in [2.24, 2.45) is 4.99 Å². The van der Waals surface area contributed by atoms with Gasteiger partial charge in [0.15, 0.2) is 5.96 Å². The number of nitro benzene ring substituents is 1. The third kappa shape index (κ3) is 5.91. The molecule has 2 N–H and O–H groups in total. The Balaban J connectivity index is 1.81. The molecule has 132 valence electrons. The van der Waals surface area contributed by atoms with Crippen LogP contribution in [0, 0.1) is 24.0 Å². The van der Waals surface area contributed by atoms with Gasteiger partial charge in [0.05, 0.1) is 4.92 Å². The van der Waals surface area contributed by atoms with Crippen LogP contribution in [0.1, 0.15) is 22.3 Å². The zero-order valence-electron chi connectivity index (χ0n) is 14.9. The monoisotopic (exact) mass is 340 g/mol. The summed E-state index contributed by atoms with van der Waals surface area (Å²) in [5.74, 6) is 0.711. The van der Waals surface area contributed by atoms with E-state index in [1.54, 1.807) is 19.2 Å². The SMILES string of the molecule is CN=C(NCCc1cc(C)cc(C)c1)NCc1ccc([N+](=O)[O-])cc1. The van der Waals surface area contributed by atoms with E-state index in [9.17, 15) is 10.1 Å². The average Bonchev–Trinajstić information content (AvgIpc) is 2.57. The fraction of sp³-hybridized carbons (Fsp3) is 0.316. The third-order valence-corrected chi connectivity index (χ3v) is 3.82. The van der Waals surface area contributed by atoms with Crippen LogP contribution < -0.4 is 10.6 Å². The molecular weight excluding hydrogens is 316 g/mol. The smallest absolute Gasteiger partial charge is 0.269 e. The predicted octanol–water partition coefficient (Wildman–Crippen LogP) is 3.12. The molecule has 0 saturated carbocycles. The van der Waals surface area contributed by atoms with Crippen molar-refractivity contribution in [2.75, 3.05) is 13.6 Å². The summed E-state index contributed by atoms with van der Waals surface area (Å²) in [4.78, 5) is 14.5. The van der Waals surface area contributed by atoms with Gasteiger partial charge in [0.2, 0.25) is 0 Å². The maximum atomic E-state index is 10.7. The molecule has 0 spiro atoms. The highest BCUT2D eigenvalue weighted by Gasteiger charge is 2.04. The number of non-ortho nitro benzene ring substituents is 1. The van der Waals surface area contributed by atoms with E-state index < -0.39 is 4.92 Å². The summed E-state index contributed by atoms with van der Waals surface area (Å²) in [7, 11) is 1.72. The van der Waals surface area contributed by atoms with Crippen LogP contribution in [0.15, 0.2) is 47.5 Å². The summed E-state index contributed by atoms with van der Waals surface area (Å²) in [6, 6.07) is 13.1.